The quantitative estimate of drug-likeness (QED) is 0.732. The van der Waals surface area contributed by atoms with E-state index in [2.05, 4.69) is 0 Å². The summed E-state index contributed by atoms with van der Waals surface area (Å²) in [5, 5.41) is 8.99. The van der Waals surface area contributed by atoms with Crippen molar-refractivity contribution in [1.82, 2.24) is 4.31 Å². The van der Waals surface area contributed by atoms with Gasteiger partial charge in [0.1, 0.15) is 9.88 Å². The Balaban J connectivity index is 3.25. The molecule has 0 fully saturated rings. The maximum atomic E-state index is 12.7. The zero-order valence-electron chi connectivity index (χ0n) is 11.9. The summed E-state index contributed by atoms with van der Waals surface area (Å²) in [4.78, 5) is 0.164. The molecule has 0 aromatic heterocycles. The van der Waals surface area contributed by atoms with E-state index in [9.17, 15) is 8.42 Å². The number of thiocarbonyl (C=S) groups is 1. The molecule has 21 heavy (non-hydrogen) atoms. The Hall–Kier alpha value is -0.730. The molecule has 0 heterocycles. The molecular formula is C13H19ClN2O3S2. The number of aliphatic hydroxyl groups is 1. The Morgan fingerprint density at radius 2 is 2.10 bits per heavy atom. The number of aliphatic hydroxyl groups excluding tert-OH is 1. The van der Waals surface area contributed by atoms with Crippen molar-refractivity contribution in [3.05, 3.63) is 28.8 Å². The molecule has 0 atom stereocenters. The van der Waals surface area contributed by atoms with Crippen molar-refractivity contribution >= 4 is 38.8 Å². The Bertz CT molecular complexity index is 618. The maximum Gasteiger partial charge on any atom is 0.244 e. The van der Waals surface area contributed by atoms with Gasteiger partial charge in [0.25, 0.3) is 0 Å². The molecule has 0 aliphatic rings. The monoisotopic (exact) mass is 350 g/mol. The average molecular weight is 351 g/mol. The van der Waals surface area contributed by atoms with Gasteiger partial charge in [-0.3, -0.25) is 0 Å². The highest BCUT2D eigenvalue weighted by molar-refractivity contribution is 7.89. The van der Waals surface area contributed by atoms with Gasteiger partial charge in [0.05, 0.1) is 5.02 Å². The standard InChI is InChI=1S/C13H19ClN2O3S2/c1-9(2)16(6-3-7-17)21(18,19)12-5-4-10(13(15)20)8-11(12)14/h4-5,8-9,17H,3,6-7H2,1-2H3,(H2,15,20). The molecule has 0 radical (unpaired) electrons. The van der Waals surface area contributed by atoms with Crippen LogP contribution in [0.15, 0.2) is 23.1 Å². The summed E-state index contributed by atoms with van der Waals surface area (Å²) in [6, 6.07) is 4.14. The second-order valence-electron chi connectivity index (χ2n) is 4.80. The summed E-state index contributed by atoms with van der Waals surface area (Å²) >= 11 is 10.9. The number of hydrogen-bond donors (Lipinski definition) is 2. The summed E-state index contributed by atoms with van der Waals surface area (Å²) in [7, 11) is -3.74. The molecule has 118 valence electrons. The molecule has 1 aromatic carbocycles. The van der Waals surface area contributed by atoms with Crippen molar-refractivity contribution in [3.8, 4) is 0 Å². The molecule has 0 saturated carbocycles. The SMILES string of the molecule is CC(C)N(CCCO)S(=O)(=O)c1ccc(C(N)=S)cc1Cl. The Labute approximate surface area is 135 Å². The number of nitrogens with zero attached hydrogens (tertiary/aromatic N) is 1. The minimum atomic E-state index is -3.74. The van der Waals surface area contributed by atoms with Crippen LogP contribution in [-0.2, 0) is 10.0 Å². The van der Waals surface area contributed by atoms with Crippen molar-refractivity contribution in [1.29, 1.82) is 0 Å². The minimum Gasteiger partial charge on any atom is -0.396 e. The van der Waals surface area contributed by atoms with E-state index in [-0.39, 0.29) is 34.1 Å². The van der Waals surface area contributed by atoms with Gasteiger partial charge in [-0.2, -0.15) is 4.31 Å². The van der Waals surface area contributed by atoms with Crippen molar-refractivity contribution in [2.75, 3.05) is 13.2 Å². The Morgan fingerprint density at radius 3 is 2.52 bits per heavy atom. The fraction of sp³-hybridized carbons (Fsp3) is 0.462. The lowest BCUT2D eigenvalue weighted by Gasteiger charge is -2.26. The Kier molecular flexibility index (Phi) is 6.55. The lowest BCUT2D eigenvalue weighted by Crippen LogP contribution is -2.38. The van der Waals surface area contributed by atoms with Crippen LogP contribution >= 0.6 is 23.8 Å². The molecule has 0 aliphatic heterocycles. The predicted octanol–water partition coefficient (Wildman–Crippen LogP) is 1.76. The summed E-state index contributed by atoms with van der Waals surface area (Å²) in [5.74, 6) is 0. The van der Waals surface area contributed by atoms with Crippen molar-refractivity contribution in [3.63, 3.8) is 0 Å². The lowest BCUT2D eigenvalue weighted by atomic mass is 10.2. The highest BCUT2D eigenvalue weighted by atomic mass is 35.5. The summed E-state index contributed by atoms with van der Waals surface area (Å²) in [5.41, 5.74) is 6.01. The van der Waals surface area contributed by atoms with Gasteiger partial charge in [0.2, 0.25) is 10.0 Å². The zero-order valence-corrected chi connectivity index (χ0v) is 14.3. The number of hydrogen-bond acceptors (Lipinski definition) is 4. The molecular weight excluding hydrogens is 332 g/mol. The first-order chi connectivity index (χ1) is 9.71. The average Bonchev–Trinajstić information content (AvgIpc) is 2.37. The normalized spacial score (nSPS) is 12.1. The second kappa shape index (κ2) is 7.51. The fourth-order valence-corrected chi connectivity index (χ4v) is 4.19. The van der Waals surface area contributed by atoms with Gasteiger partial charge in [-0.15, -0.1) is 0 Å². The van der Waals surface area contributed by atoms with Gasteiger partial charge in [0, 0.05) is 24.8 Å². The van der Waals surface area contributed by atoms with E-state index >= 15 is 0 Å². The van der Waals surface area contributed by atoms with Gasteiger partial charge < -0.3 is 10.8 Å². The third kappa shape index (κ3) is 4.37. The van der Waals surface area contributed by atoms with Crippen LogP contribution in [0.5, 0.6) is 0 Å². The van der Waals surface area contributed by atoms with Crippen LogP contribution in [0.1, 0.15) is 25.8 Å². The molecule has 0 aliphatic carbocycles. The molecule has 8 heteroatoms. The van der Waals surface area contributed by atoms with Gasteiger partial charge in [0.15, 0.2) is 0 Å². The highest BCUT2D eigenvalue weighted by Crippen LogP contribution is 2.27. The topological polar surface area (TPSA) is 83.6 Å². The molecule has 0 amide bonds. The number of benzene rings is 1. The van der Waals surface area contributed by atoms with E-state index in [4.69, 9.17) is 34.7 Å². The lowest BCUT2D eigenvalue weighted by molar-refractivity contribution is 0.258. The van der Waals surface area contributed by atoms with E-state index in [1.54, 1.807) is 13.8 Å². The molecule has 5 nitrogen and oxygen atoms in total. The van der Waals surface area contributed by atoms with Gasteiger partial charge in [-0.05, 0) is 32.4 Å². The first-order valence-electron chi connectivity index (χ1n) is 6.44. The maximum absolute atomic E-state index is 12.7. The smallest absolute Gasteiger partial charge is 0.244 e. The summed E-state index contributed by atoms with van der Waals surface area (Å²) in [6.07, 6.45) is 0.361. The summed E-state index contributed by atoms with van der Waals surface area (Å²) in [6.45, 7) is 3.69. The highest BCUT2D eigenvalue weighted by Gasteiger charge is 2.28. The van der Waals surface area contributed by atoms with Crippen LogP contribution in [0, 0.1) is 0 Å². The molecule has 0 saturated heterocycles. The molecule has 1 aromatic rings. The van der Waals surface area contributed by atoms with Crippen LogP contribution in [0.3, 0.4) is 0 Å². The van der Waals surface area contributed by atoms with Crippen molar-refractivity contribution in [2.24, 2.45) is 5.73 Å². The molecule has 0 unspecified atom stereocenters. The molecule has 0 spiro atoms. The van der Waals surface area contributed by atoms with Gasteiger partial charge >= 0.3 is 0 Å². The van der Waals surface area contributed by atoms with Crippen molar-refractivity contribution in [2.45, 2.75) is 31.2 Å². The van der Waals surface area contributed by atoms with Gasteiger partial charge in [-0.1, -0.05) is 29.9 Å². The van der Waals surface area contributed by atoms with E-state index in [1.165, 1.54) is 22.5 Å². The van der Waals surface area contributed by atoms with Crippen LogP contribution in [0.2, 0.25) is 5.02 Å². The Morgan fingerprint density at radius 1 is 1.48 bits per heavy atom. The zero-order chi connectivity index (χ0) is 16.2. The third-order valence-electron chi connectivity index (χ3n) is 2.92. The number of rotatable bonds is 7. The van der Waals surface area contributed by atoms with Gasteiger partial charge in [-0.25, -0.2) is 8.42 Å². The predicted molar refractivity (Wildman–Crippen MR) is 88.1 cm³/mol. The summed E-state index contributed by atoms with van der Waals surface area (Å²) < 4.78 is 26.7. The van der Waals surface area contributed by atoms with Crippen LogP contribution in [0.25, 0.3) is 0 Å². The second-order valence-corrected chi connectivity index (χ2v) is 7.50. The van der Waals surface area contributed by atoms with E-state index in [0.717, 1.165) is 0 Å². The fourth-order valence-electron chi connectivity index (χ4n) is 1.87. The van der Waals surface area contributed by atoms with E-state index < -0.39 is 10.0 Å². The number of halogens is 1. The number of nitrogens with two attached hydrogens (primary N) is 1. The molecule has 3 N–H and O–H groups in total. The number of sulfonamides is 1. The van der Waals surface area contributed by atoms with Crippen LogP contribution < -0.4 is 5.73 Å². The largest absolute Gasteiger partial charge is 0.396 e. The minimum absolute atomic E-state index is 0.0100. The molecule has 0 bridgehead atoms. The third-order valence-corrected chi connectivity index (χ3v) is 5.71. The van der Waals surface area contributed by atoms with E-state index in [0.29, 0.717) is 12.0 Å². The van der Waals surface area contributed by atoms with Crippen LogP contribution in [-0.4, -0.2) is 42.0 Å². The first-order valence-corrected chi connectivity index (χ1v) is 8.66. The first kappa shape index (κ1) is 18.3. The van der Waals surface area contributed by atoms with E-state index in [1.807, 2.05) is 0 Å². The van der Waals surface area contributed by atoms with Crippen LogP contribution in [0.4, 0.5) is 0 Å². The molecule has 1 rings (SSSR count). The van der Waals surface area contributed by atoms with Crippen molar-refractivity contribution < 1.29 is 13.5 Å².